The van der Waals surface area contributed by atoms with Crippen LogP contribution in [0.25, 0.3) is 0 Å². The standard InChI is InChI=1S/C12H18BrNO3S/c1-14(6-10(15)7-17-2)12(16)4-3-11-5-9(13)8-18-11/h5,8,10,15H,3-4,6-7H2,1-2H3. The molecule has 1 heterocycles. The van der Waals surface area contributed by atoms with Crippen molar-refractivity contribution in [3.05, 3.63) is 20.8 Å². The van der Waals surface area contributed by atoms with Crippen LogP contribution in [0.5, 0.6) is 0 Å². The summed E-state index contributed by atoms with van der Waals surface area (Å²) >= 11 is 5.02. The second kappa shape index (κ2) is 7.89. The highest BCUT2D eigenvalue weighted by atomic mass is 79.9. The van der Waals surface area contributed by atoms with Gasteiger partial charge < -0.3 is 14.7 Å². The number of aliphatic hydroxyl groups is 1. The van der Waals surface area contributed by atoms with E-state index in [2.05, 4.69) is 15.9 Å². The number of ether oxygens (including phenoxy) is 1. The maximum absolute atomic E-state index is 11.8. The predicted octanol–water partition coefficient (Wildman–Crippen LogP) is 1.91. The van der Waals surface area contributed by atoms with E-state index in [0.717, 1.165) is 10.9 Å². The molecule has 18 heavy (non-hydrogen) atoms. The van der Waals surface area contributed by atoms with Crippen molar-refractivity contribution < 1.29 is 14.6 Å². The van der Waals surface area contributed by atoms with Crippen LogP contribution in [-0.2, 0) is 16.0 Å². The molecule has 1 atom stereocenters. The van der Waals surface area contributed by atoms with Gasteiger partial charge in [-0.2, -0.15) is 0 Å². The van der Waals surface area contributed by atoms with E-state index in [0.29, 0.717) is 13.0 Å². The molecule has 1 aromatic rings. The minimum absolute atomic E-state index is 0.0367. The molecule has 102 valence electrons. The average Bonchev–Trinajstić information content (AvgIpc) is 2.72. The van der Waals surface area contributed by atoms with Crippen molar-refractivity contribution in [2.24, 2.45) is 0 Å². The Balaban J connectivity index is 2.31. The van der Waals surface area contributed by atoms with E-state index < -0.39 is 6.10 Å². The van der Waals surface area contributed by atoms with Gasteiger partial charge in [0.15, 0.2) is 0 Å². The molecule has 1 N–H and O–H groups in total. The van der Waals surface area contributed by atoms with Gasteiger partial charge in [0.25, 0.3) is 0 Å². The molecule has 0 fully saturated rings. The molecule has 0 saturated heterocycles. The molecule has 0 aliphatic rings. The first-order chi connectivity index (χ1) is 8.52. The number of hydrogen-bond acceptors (Lipinski definition) is 4. The zero-order chi connectivity index (χ0) is 13.5. The van der Waals surface area contributed by atoms with Crippen molar-refractivity contribution in [2.45, 2.75) is 18.9 Å². The molecule has 0 aliphatic heterocycles. The number of aryl methyl sites for hydroxylation is 1. The zero-order valence-electron chi connectivity index (χ0n) is 10.6. The Bertz CT molecular complexity index is 383. The molecular weight excluding hydrogens is 318 g/mol. The fraction of sp³-hybridized carbons (Fsp3) is 0.583. The maximum atomic E-state index is 11.8. The van der Waals surface area contributed by atoms with Crippen molar-refractivity contribution in [3.63, 3.8) is 0 Å². The first-order valence-electron chi connectivity index (χ1n) is 5.66. The van der Waals surface area contributed by atoms with Crippen LogP contribution in [0.2, 0.25) is 0 Å². The minimum atomic E-state index is -0.625. The first kappa shape index (κ1) is 15.6. The summed E-state index contributed by atoms with van der Waals surface area (Å²) in [5.41, 5.74) is 0. The number of thiophene rings is 1. The highest BCUT2D eigenvalue weighted by Gasteiger charge is 2.13. The van der Waals surface area contributed by atoms with E-state index in [4.69, 9.17) is 4.74 Å². The molecule has 6 heteroatoms. The Morgan fingerprint density at radius 1 is 1.67 bits per heavy atom. The van der Waals surface area contributed by atoms with E-state index in [-0.39, 0.29) is 12.5 Å². The number of aliphatic hydroxyl groups excluding tert-OH is 1. The highest BCUT2D eigenvalue weighted by Crippen LogP contribution is 2.21. The summed E-state index contributed by atoms with van der Waals surface area (Å²) in [6, 6.07) is 2.03. The summed E-state index contributed by atoms with van der Waals surface area (Å²) < 4.78 is 5.88. The maximum Gasteiger partial charge on any atom is 0.222 e. The molecule has 1 aromatic heterocycles. The molecule has 1 amide bonds. The molecule has 1 unspecified atom stereocenters. The molecule has 0 aliphatic carbocycles. The summed E-state index contributed by atoms with van der Waals surface area (Å²) in [6.45, 7) is 0.552. The second-order valence-corrected chi connectivity index (χ2v) is 6.03. The largest absolute Gasteiger partial charge is 0.389 e. The number of amides is 1. The van der Waals surface area contributed by atoms with Gasteiger partial charge in [-0.1, -0.05) is 0 Å². The smallest absolute Gasteiger partial charge is 0.222 e. The Morgan fingerprint density at radius 2 is 2.39 bits per heavy atom. The third-order valence-corrected chi connectivity index (χ3v) is 4.23. The van der Waals surface area contributed by atoms with E-state index >= 15 is 0 Å². The number of methoxy groups -OCH3 is 1. The van der Waals surface area contributed by atoms with Gasteiger partial charge >= 0.3 is 0 Å². The quantitative estimate of drug-likeness (QED) is 0.828. The topological polar surface area (TPSA) is 49.8 Å². The Kier molecular flexibility index (Phi) is 6.85. The average molecular weight is 336 g/mol. The van der Waals surface area contributed by atoms with Gasteiger partial charge in [-0.25, -0.2) is 0 Å². The molecular formula is C12H18BrNO3S. The third-order valence-electron chi connectivity index (χ3n) is 2.48. The van der Waals surface area contributed by atoms with Crippen LogP contribution in [0.15, 0.2) is 15.9 Å². The van der Waals surface area contributed by atoms with Crippen molar-refractivity contribution in [2.75, 3.05) is 27.3 Å². The van der Waals surface area contributed by atoms with Crippen molar-refractivity contribution >= 4 is 33.2 Å². The molecule has 0 saturated carbocycles. The van der Waals surface area contributed by atoms with Crippen LogP contribution in [-0.4, -0.2) is 49.3 Å². The lowest BCUT2D eigenvalue weighted by Gasteiger charge is -2.20. The normalized spacial score (nSPS) is 12.4. The van der Waals surface area contributed by atoms with Crippen LogP contribution in [0, 0.1) is 0 Å². The number of rotatable bonds is 7. The van der Waals surface area contributed by atoms with E-state index in [1.54, 1.807) is 23.3 Å². The third kappa shape index (κ3) is 5.48. The summed E-state index contributed by atoms with van der Waals surface area (Å²) in [7, 11) is 3.23. The van der Waals surface area contributed by atoms with Crippen molar-refractivity contribution in [1.29, 1.82) is 0 Å². The second-order valence-electron chi connectivity index (χ2n) is 4.11. The lowest BCUT2D eigenvalue weighted by molar-refractivity contribution is -0.131. The SMILES string of the molecule is COCC(O)CN(C)C(=O)CCc1cc(Br)cs1. The highest BCUT2D eigenvalue weighted by molar-refractivity contribution is 9.10. The summed E-state index contributed by atoms with van der Waals surface area (Å²) in [5.74, 6) is 0.0367. The molecule has 0 aromatic carbocycles. The van der Waals surface area contributed by atoms with Crippen LogP contribution in [0.1, 0.15) is 11.3 Å². The minimum Gasteiger partial charge on any atom is -0.389 e. The van der Waals surface area contributed by atoms with E-state index in [9.17, 15) is 9.90 Å². The van der Waals surface area contributed by atoms with Gasteiger partial charge in [0.1, 0.15) is 0 Å². The summed E-state index contributed by atoms with van der Waals surface area (Å²) in [5, 5.41) is 11.5. The van der Waals surface area contributed by atoms with Crippen LogP contribution >= 0.6 is 27.3 Å². The number of halogens is 1. The number of likely N-dealkylation sites (N-methyl/N-ethyl adjacent to an activating group) is 1. The molecule has 1 rings (SSSR count). The molecule has 0 radical (unpaired) electrons. The summed E-state index contributed by atoms with van der Waals surface area (Å²) in [6.07, 6.45) is 0.572. The fourth-order valence-corrected chi connectivity index (χ4v) is 3.02. The lowest BCUT2D eigenvalue weighted by Crippen LogP contribution is -2.36. The van der Waals surface area contributed by atoms with Crippen molar-refractivity contribution in [1.82, 2.24) is 4.90 Å². The molecule has 0 spiro atoms. The van der Waals surface area contributed by atoms with Gasteiger partial charge in [0, 0.05) is 41.9 Å². The van der Waals surface area contributed by atoms with Gasteiger partial charge in [-0.05, 0) is 28.4 Å². The van der Waals surface area contributed by atoms with Crippen molar-refractivity contribution in [3.8, 4) is 0 Å². The predicted molar refractivity (Wildman–Crippen MR) is 75.9 cm³/mol. The first-order valence-corrected chi connectivity index (χ1v) is 7.34. The van der Waals surface area contributed by atoms with Gasteiger partial charge in [-0.15, -0.1) is 11.3 Å². The van der Waals surface area contributed by atoms with Gasteiger partial charge in [0.2, 0.25) is 5.91 Å². The Hall–Kier alpha value is -0.430. The van der Waals surface area contributed by atoms with Crippen LogP contribution < -0.4 is 0 Å². The monoisotopic (exact) mass is 335 g/mol. The number of carbonyl (C=O) groups excluding carboxylic acids is 1. The van der Waals surface area contributed by atoms with Crippen LogP contribution in [0.4, 0.5) is 0 Å². The zero-order valence-corrected chi connectivity index (χ0v) is 13.0. The fourth-order valence-electron chi connectivity index (χ4n) is 1.57. The van der Waals surface area contributed by atoms with E-state index in [1.807, 2.05) is 11.4 Å². The number of hydrogen-bond donors (Lipinski definition) is 1. The van der Waals surface area contributed by atoms with Gasteiger partial charge in [-0.3, -0.25) is 4.79 Å². The van der Waals surface area contributed by atoms with Gasteiger partial charge in [0.05, 0.1) is 12.7 Å². The number of carbonyl (C=O) groups is 1. The Morgan fingerprint density at radius 3 is 2.94 bits per heavy atom. The number of nitrogens with zero attached hydrogens (tertiary/aromatic N) is 1. The summed E-state index contributed by atoms with van der Waals surface area (Å²) in [4.78, 5) is 14.6. The lowest BCUT2D eigenvalue weighted by atomic mass is 10.2. The molecule has 4 nitrogen and oxygen atoms in total. The Labute approximate surface area is 120 Å². The van der Waals surface area contributed by atoms with E-state index in [1.165, 1.54) is 12.0 Å². The van der Waals surface area contributed by atoms with Crippen LogP contribution in [0.3, 0.4) is 0 Å². The molecule has 0 bridgehead atoms.